The van der Waals surface area contributed by atoms with E-state index < -0.39 is 16.7 Å². The van der Waals surface area contributed by atoms with Gasteiger partial charge >= 0.3 is 6.18 Å². The number of nitrogens with zero attached hydrogens (tertiary/aromatic N) is 3. The van der Waals surface area contributed by atoms with Gasteiger partial charge in [0.1, 0.15) is 0 Å². The molecule has 1 N–H and O–H groups in total. The molecule has 10 heteroatoms. The van der Waals surface area contributed by atoms with Crippen molar-refractivity contribution in [3.63, 3.8) is 0 Å². The fourth-order valence-corrected chi connectivity index (χ4v) is 2.19. The molecule has 0 spiro atoms. The second-order valence-electron chi connectivity index (χ2n) is 5.25. The first-order valence-electron chi connectivity index (χ1n) is 7.31. The van der Waals surface area contributed by atoms with Gasteiger partial charge in [-0.3, -0.25) is 10.1 Å². The zero-order chi connectivity index (χ0) is 18.7. The summed E-state index contributed by atoms with van der Waals surface area (Å²) in [6, 6.07) is 10.4. The molecule has 3 aromatic rings. The summed E-state index contributed by atoms with van der Waals surface area (Å²) in [5.74, 6) is 0.149. The van der Waals surface area contributed by atoms with E-state index in [0.29, 0.717) is 5.69 Å². The normalized spacial score (nSPS) is 11.3. The van der Waals surface area contributed by atoms with Crippen LogP contribution in [0.3, 0.4) is 0 Å². The van der Waals surface area contributed by atoms with Gasteiger partial charge in [0.2, 0.25) is 11.7 Å². The zero-order valence-electron chi connectivity index (χ0n) is 13.0. The summed E-state index contributed by atoms with van der Waals surface area (Å²) in [7, 11) is 0. The van der Waals surface area contributed by atoms with Gasteiger partial charge in [0.15, 0.2) is 0 Å². The van der Waals surface area contributed by atoms with Crippen molar-refractivity contribution in [3.05, 3.63) is 70.1 Å². The van der Waals surface area contributed by atoms with Crippen LogP contribution in [0, 0.1) is 10.1 Å². The minimum absolute atomic E-state index is 0.0203. The largest absolute Gasteiger partial charge is 0.416 e. The zero-order valence-corrected chi connectivity index (χ0v) is 13.0. The van der Waals surface area contributed by atoms with Crippen molar-refractivity contribution < 1.29 is 22.6 Å². The Labute approximate surface area is 144 Å². The predicted octanol–water partition coefficient (Wildman–Crippen LogP) is 4.28. The van der Waals surface area contributed by atoms with Crippen LogP contribution >= 0.6 is 0 Å². The molecule has 1 heterocycles. The monoisotopic (exact) mass is 364 g/mol. The number of hydrogen-bond acceptors (Lipinski definition) is 6. The van der Waals surface area contributed by atoms with Crippen LogP contribution in [0.1, 0.15) is 11.5 Å². The van der Waals surface area contributed by atoms with Gasteiger partial charge in [0.05, 0.1) is 17.0 Å². The number of non-ortho nitro benzene ring substituents is 1. The number of nitro groups is 1. The number of nitrogens with one attached hydrogen (secondary N) is 1. The van der Waals surface area contributed by atoms with Crippen molar-refractivity contribution in [1.82, 2.24) is 10.1 Å². The van der Waals surface area contributed by atoms with Crippen LogP contribution < -0.4 is 5.32 Å². The Kier molecular flexibility index (Phi) is 4.57. The highest BCUT2D eigenvalue weighted by molar-refractivity contribution is 5.56. The maximum Gasteiger partial charge on any atom is 0.416 e. The van der Waals surface area contributed by atoms with E-state index in [1.54, 1.807) is 6.07 Å². The first kappa shape index (κ1) is 17.4. The van der Waals surface area contributed by atoms with E-state index in [0.717, 1.165) is 12.1 Å². The third kappa shape index (κ3) is 3.97. The molecule has 0 saturated heterocycles. The smallest absolute Gasteiger partial charge is 0.376 e. The lowest BCUT2D eigenvalue weighted by Gasteiger charge is -2.06. The first-order chi connectivity index (χ1) is 12.3. The van der Waals surface area contributed by atoms with E-state index >= 15 is 0 Å². The molecule has 0 aliphatic rings. The second kappa shape index (κ2) is 6.82. The van der Waals surface area contributed by atoms with Crippen molar-refractivity contribution in [1.29, 1.82) is 0 Å². The SMILES string of the molecule is O=[N+]([O-])c1cccc(NCc2nc(-c3cccc(C(F)(F)F)c3)no2)c1. The molecule has 7 nitrogen and oxygen atoms in total. The van der Waals surface area contributed by atoms with E-state index in [2.05, 4.69) is 15.5 Å². The van der Waals surface area contributed by atoms with E-state index in [4.69, 9.17) is 4.52 Å². The predicted molar refractivity (Wildman–Crippen MR) is 85.2 cm³/mol. The first-order valence-corrected chi connectivity index (χ1v) is 7.31. The van der Waals surface area contributed by atoms with Crippen LogP contribution in [0.25, 0.3) is 11.4 Å². The van der Waals surface area contributed by atoms with Crippen LogP contribution in [0.4, 0.5) is 24.5 Å². The molecule has 0 bridgehead atoms. The van der Waals surface area contributed by atoms with Gasteiger partial charge in [0.25, 0.3) is 5.69 Å². The van der Waals surface area contributed by atoms with E-state index in [-0.39, 0.29) is 29.5 Å². The third-order valence-corrected chi connectivity index (χ3v) is 3.42. The summed E-state index contributed by atoms with van der Waals surface area (Å²) in [5.41, 5.74) is -0.246. The molecule has 0 atom stereocenters. The van der Waals surface area contributed by atoms with Gasteiger partial charge in [-0.1, -0.05) is 23.4 Å². The summed E-state index contributed by atoms with van der Waals surface area (Å²) in [6.45, 7) is 0.0626. The van der Waals surface area contributed by atoms with Crippen molar-refractivity contribution in [2.75, 3.05) is 5.32 Å². The van der Waals surface area contributed by atoms with E-state index in [9.17, 15) is 23.3 Å². The number of alkyl halides is 3. The quantitative estimate of drug-likeness (QED) is 0.536. The molecule has 0 aliphatic carbocycles. The fraction of sp³-hybridized carbons (Fsp3) is 0.125. The molecule has 1 aromatic heterocycles. The average Bonchev–Trinajstić information content (AvgIpc) is 3.09. The molecule has 0 radical (unpaired) electrons. The number of halogens is 3. The van der Waals surface area contributed by atoms with Crippen LogP contribution in [0.5, 0.6) is 0 Å². The lowest BCUT2D eigenvalue weighted by Crippen LogP contribution is -2.04. The summed E-state index contributed by atoms with van der Waals surface area (Å²) < 4.78 is 43.3. The van der Waals surface area contributed by atoms with Gasteiger partial charge in [0, 0.05) is 23.4 Å². The topological polar surface area (TPSA) is 94.1 Å². The Bertz CT molecular complexity index is 940. The molecule has 0 fully saturated rings. The molecule has 134 valence electrons. The van der Waals surface area contributed by atoms with Crippen molar-refractivity contribution in [2.45, 2.75) is 12.7 Å². The van der Waals surface area contributed by atoms with Crippen molar-refractivity contribution in [3.8, 4) is 11.4 Å². The van der Waals surface area contributed by atoms with Crippen LogP contribution in [0.2, 0.25) is 0 Å². The van der Waals surface area contributed by atoms with E-state index in [1.165, 1.54) is 30.3 Å². The maximum atomic E-state index is 12.8. The summed E-state index contributed by atoms with van der Waals surface area (Å²) >= 11 is 0. The number of aromatic nitrogens is 2. The molecule has 0 amide bonds. The molecule has 0 saturated carbocycles. The highest BCUT2D eigenvalue weighted by Gasteiger charge is 2.30. The Hall–Kier alpha value is -3.43. The standard InChI is InChI=1S/C16H11F3N4O3/c17-16(18,19)11-4-1-3-10(7-11)15-21-14(26-22-15)9-20-12-5-2-6-13(8-12)23(24)25/h1-8,20H,9H2. The molecule has 2 aromatic carbocycles. The number of rotatable bonds is 5. The van der Waals surface area contributed by atoms with E-state index in [1.807, 2.05) is 0 Å². The van der Waals surface area contributed by atoms with Gasteiger partial charge in [-0.15, -0.1) is 0 Å². The highest BCUT2D eigenvalue weighted by Crippen LogP contribution is 2.31. The highest BCUT2D eigenvalue weighted by atomic mass is 19.4. The summed E-state index contributed by atoms with van der Waals surface area (Å²) in [6.07, 6.45) is -4.47. The lowest BCUT2D eigenvalue weighted by molar-refractivity contribution is -0.384. The number of nitro benzene ring substituents is 1. The maximum absolute atomic E-state index is 12.8. The molecule has 0 aliphatic heterocycles. The minimum atomic E-state index is -4.47. The van der Waals surface area contributed by atoms with Crippen molar-refractivity contribution in [2.24, 2.45) is 0 Å². The molecule has 3 rings (SSSR count). The Morgan fingerprint density at radius 2 is 1.92 bits per heavy atom. The van der Waals surface area contributed by atoms with Crippen LogP contribution in [-0.4, -0.2) is 15.1 Å². The minimum Gasteiger partial charge on any atom is -0.376 e. The molecular weight excluding hydrogens is 353 g/mol. The van der Waals surface area contributed by atoms with Crippen LogP contribution in [-0.2, 0) is 12.7 Å². The van der Waals surface area contributed by atoms with Crippen molar-refractivity contribution >= 4 is 11.4 Å². The number of anilines is 1. The third-order valence-electron chi connectivity index (χ3n) is 3.42. The summed E-state index contributed by atoms with van der Waals surface area (Å²) in [4.78, 5) is 14.3. The van der Waals surface area contributed by atoms with Gasteiger partial charge in [-0.25, -0.2) is 0 Å². The molecule has 26 heavy (non-hydrogen) atoms. The van der Waals surface area contributed by atoms with Gasteiger partial charge in [-0.05, 0) is 18.2 Å². The lowest BCUT2D eigenvalue weighted by atomic mass is 10.1. The molecular formula is C16H11F3N4O3. The number of hydrogen-bond donors (Lipinski definition) is 1. The molecule has 0 unspecified atom stereocenters. The fourth-order valence-electron chi connectivity index (χ4n) is 2.19. The van der Waals surface area contributed by atoms with Crippen LogP contribution in [0.15, 0.2) is 53.1 Å². The summed E-state index contributed by atoms with van der Waals surface area (Å²) in [5, 5.41) is 17.3. The van der Waals surface area contributed by atoms with Gasteiger partial charge < -0.3 is 9.84 Å². The Morgan fingerprint density at radius 1 is 1.15 bits per heavy atom. The average molecular weight is 364 g/mol. The second-order valence-corrected chi connectivity index (χ2v) is 5.25. The number of benzene rings is 2. The van der Waals surface area contributed by atoms with Gasteiger partial charge in [-0.2, -0.15) is 18.2 Å². The Balaban J connectivity index is 1.73. The Morgan fingerprint density at radius 3 is 2.65 bits per heavy atom.